The van der Waals surface area contributed by atoms with Crippen molar-refractivity contribution < 1.29 is 18.0 Å². The summed E-state index contributed by atoms with van der Waals surface area (Å²) in [6.07, 6.45) is -1.91. The van der Waals surface area contributed by atoms with Crippen molar-refractivity contribution in [1.29, 1.82) is 5.26 Å². The van der Waals surface area contributed by atoms with E-state index >= 15 is 0 Å². The normalized spacial score (nSPS) is 17.0. The van der Waals surface area contributed by atoms with Gasteiger partial charge in [-0.25, -0.2) is 0 Å². The Labute approximate surface area is 197 Å². The second-order valence-electron chi connectivity index (χ2n) is 8.40. The molecule has 0 atom stereocenters. The summed E-state index contributed by atoms with van der Waals surface area (Å²) >= 11 is 6.19. The van der Waals surface area contributed by atoms with Gasteiger partial charge in [-0.05, 0) is 31.0 Å². The lowest BCUT2D eigenvalue weighted by Gasteiger charge is -2.37. The van der Waals surface area contributed by atoms with E-state index in [0.717, 1.165) is 21.2 Å². The standard InChI is InChI=1S/C22H19ClF3N7O/c23-15-1-2-17-16(9-15)19(14(10-27)11-28-17)31-5-3-13(4-6-31)20(34)32-7-8-33-18(12-32)29-30-21(33)22(24,25)26/h1-2,9,11,13H,3-8,12H2. The lowest BCUT2D eigenvalue weighted by molar-refractivity contribution is -0.148. The van der Waals surface area contributed by atoms with Crippen LogP contribution in [0, 0.1) is 17.2 Å². The van der Waals surface area contributed by atoms with Crippen molar-refractivity contribution in [3.63, 3.8) is 0 Å². The van der Waals surface area contributed by atoms with Crippen LogP contribution in [0.1, 0.15) is 30.1 Å². The van der Waals surface area contributed by atoms with Crippen molar-refractivity contribution in [1.82, 2.24) is 24.6 Å². The minimum atomic E-state index is -4.58. The summed E-state index contributed by atoms with van der Waals surface area (Å²) in [6.45, 7) is 1.31. The predicted octanol–water partition coefficient (Wildman–Crippen LogP) is 3.63. The Morgan fingerprint density at radius 1 is 1.15 bits per heavy atom. The number of pyridine rings is 1. The van der Waals surface area contributed by atoms with E-state index in [1.165, 1.54) is 0 Å². The molecular formula is C22H19ClF3N7O. The molecule has 0 N–H and O–H groups in total. The lowest BCUT2D eigenvalue weighted by atomic mass is 9.93. The van der Waals surface area contributed by atoms with E-state index in [9.17, 15) is 23.2 Å². The number of anilines is 1. The number of amides is 1. The number of halogens is 4. The van der Waals surface area contributed by atoms with Crippen LogP contribution in [0.3, 0.4) is 0 Å². The predicted molar refractivity (Wildman–Crippen MR) is 117 cm³/mol. The zero-order valence-electron chi connectivity index (χ0n) is 17.9. The van der Waals surface area contributed by atoms with E-state index < -0.39 is 12.0 Å². The molecule has 176 valence electrons. The van der Waals surface area contributed by atoms with Crippen molar-refractivity contribution in [2.75, 3.05) is 24.5 Å². The number of fused-ring (bicyclic) bond motifs is 2. The van der Waals surface area contributed by atoms with Crippen LogP contribution in [0.15, 0.2) is 24.4 Å². The summed E-state index contributed by atoms with van der Waals surface area (Å²) in [4.78, 5) is 21.1. The minimum Gasteiger partial charge on any atom is -0.370 e. The number of nitriles is 1. The number of piperidine rings is 1. The summed E-state index contributed by atoms with van der Waals surface area (Å²) in [6, 6.07) is 7.53. The van der Waals surface area contributed by atoms with Crippen molar-refractivity contribution in [2.45, 2.75) is 32.1 Å². The van der Waals surface area contributed by atoms with Crippen LogP contribution in [-0.2, 0) is 24.1 Å². The quantitative estimate of drug-likeness (QED) is 0.546. The molecule has 34 heavy (non-hydrogen) atoms. The zero-order chi connectivity index (χ0) is 24.0. The first-order valence-corrected chi connectivity index (χ1v) is 11.2. The fourth-order valence-corrected chi connectivity index (χ4v) is 4.91. The molecular weight excluding hydrogens is 471 g/mol. The highest BCUT2D eigenvalue weighted by Crippen LogP contribution is 2.35. The molecule has 1 fully saturated rings. The van der Waals surface area contributed by atoms with E-state index in [4.69, 9.17) is 11.6 Å². The first-order valence-electron chi connectivity index (χ1n) is 10.8. The van der Waals surface area contributed by atoms with E-state index in [-0.39, 0.29) is 37.3 Å². The van der Waals surface area contributed by atoms with Gasteiger partial charge in [-0.15, -0.1) is 10.2 Å². The fourth-order valence-electron chi connectivity index (χ4n) is 4.74. The number of benzene rings is 1. The Morgan fingerprint density at radius 2 is 1.91 bits per heavy atom. The van der Waals surface area contributed by atoms with Gasteiger partial charge < -0.3 is 14.4 Å². The molecule has 1 saturated heterocycles. The third-order valence-electron chi connectivity index (χ3n) is 6.40. The molecule has 2 aliphatic heterocycles. The van der Waals surface area contributed by atoms with Crippen LogP contribution >= 0.6 is 11.6 Å². The summed E-state index contributed by atoms with van der Waals surface area (Å²) in [5, 5.41) is 17.9. The summed E-state index contributed by atoms with van der Waals surface area (Å²) in [5.41, 5.74) is 1.93. The molecule has 1 amide bonds. The van der Waals surface area contributed by atoms with E-state index in [1.807, 2.05) is 0 Å². The van der Waals surface area contributed by atoms with Gasteiger partial charge in [0, 0.05) is 48.7 Å². The highest BCUT2D eigenvalue weighted by molar-refractivity contribution is 6.31. The van der Waals surface area contributed by atoms with E-state index in [0.29, 0.717) is 36.5 Å². The number of carbonyl (C=O) groups excluding carboxylic acids is 1. The Balaban J connectivity index is 1.30. The maximum absolute atomic E-state index is 13.1. The maximum Gasteiger partial charge on any atom is 0.451 e. The van der Waals surface area contributed by atoms with E-state index in [2.05, 4.69) is 26.2 Å². The molecule has 0 spiro atoms. The third-order valence-corrected chi connectivity index (χ3v) is 6.64. The molecule has 5 rings (SSSR count). The molecule has 12 heteroatoms. The highest BCUT2D eigenvalue weighted by Gasteiger charge is 2.40. The first-order chi connectivity index (χ1) is 16.3. The van der Waals surface area contributed by atoms with Crippen LogP contribution in [0.2, 0.25) is 5.02 Å². The van der Waals surface area contributed by atoms with Gasteiger partial charge in [-0.2, -0.15) is 18.4 Å². The van der Waals surface area contributed by atoms with Crippen molar-refractivity contribution in [3.8, 4) is 6.07 Å². The Bertz CT molecular complexity index is 1310. The molecule has 3 aromatic rings. The fraction of sp³-hybridized carbons (Fsp3) is 0.409. The third kappa shape index (κ3) is 3.92. The molecule has 8 nitrogen and oxygen atoms in total. The number of alkyl halides is 3. The van der Waals surface area contributed by atoms with Crippen LogP contribution < -0.4 is 4.90 Å². The number of carbonyl (C=O) groups is 1. The first kappa shape index (κ1) is 22.4. The average Bonchev–Trinajstić information content (AvgIpc) is 3.27. The van der Waals surface area contributed by atoms with Crippen LogP contribution in [0.25, 0.3) is 10.9 Å². The van der Waals surface area contributed by atoms with Crippen molar-refractivity contribution in [3.05, 3.63) is 46.6 Å². The molecule has 0 unspecified atom stereocenters. The van der Waals surface area contributed by atoms with Gasteiger partial charge in [-0.1, -0.05) is 11.6 Å². The Morgan fingerprint density at radius 3 is 2.62 bits per heavy atom. The number of hydrogen-bond donors (Lipinski definition) is 0. The number of aromatic nitrogens is 4. The molecule has 1 aromatic carbocycles. The van der Waals surface area contributed by atoms with Gasteiger partial charge in [0.2, 0.25) is 11.7 Å². The molecule has 0 bridgehead atoms. The monoisotopic (exact) mass is 489 g/mol. The van der Waals surface area contributed by atoms with Crippen molar-refractivity contribution in [2.24, 2.45) is 5.92 Å². The second-order valence-corrected chi connectivity index (χ2v) is 8.84. The highest BCUT2D eigenvalue weighted by atomic mass is 35.5. The SMILES string of the molecule is N#Cc1cnc2ccc(Cl)cc2c1N1CCC(C(=O)N2CCn3c(nnc3C(F)(F)F)C2)CC1. The van der Waals surface area contributed by atoms with Crippen LogP contribution in [-0.4, -0.2) is 50.2 Å². The summed E-state index contributed by atoms with van der Waals surface area (Å²) in [7, 11) is 0. The van der Waals surface area contributed by atoms with Crippen LogP contribution in [0.4, 0.5) is 18.9 Å². The number of nitrogens with zero attached hydrogens (tertiary/aromatic N) is 7. The summed E-state index contributed by atoms with van der Waals surface area (Å²) < 4.78 is 40.2. The van der Waals surface area contributed by atoms with Crippen molar-refractivity contribution >= 4 is 34.1 Å². The number of rotatable bonds is 2. The average molecular weight is 490 g/mol. The van der Waals surface area contributed by atoms with Gasteiger partial charge in [-0.3, -0.25) is 9.78 Å². The van der Waals surface area contributed by atoms with Crippen LogP contribution in [0.5, 0.6) is 0 Å². The maximum atomic E-state index is 13.1. The largest absolute Gasteiger partial charge is 0.451 e. The van der Waals surface area contributed by atoms with Gasteiger partial charge in [0.25, 0.3) is 0 Å². The summed E-state index contributed by atoms with van der Waals surface area (Å²) in [5.74, 6) is -1.23. The van der Waals surface area contributed by atoms with Gasteiger partial charge in [0.1, 0.15) is 6.07 Å². The molecule has 2 aromatic heterocycles. The minimum absolute atomic E-state index is 0.00813. The second kappa shape index (κ2) is 8.43. The Hall–Kier alpha value is -3.39. The smallest absolute Gasteiger partial charge is 0.370 e. The molecule has 0 aliphatic carbocycles. The lowest BCUT2D eigenvalue weighted by Crippen LogP contribution is -2.45. The molecule has 0 radical (unpaired) electrons. The molecule has 2 aliphatic rings. The van der Waals surface area contributed by atoms with E-state index in [1.54, 1.807) is 29.3 Å². The number of hydrogen-bond acceptors (Lipinski definition) is 6. The van der Waals surface area contributed by atoms with Gasteiger partial charge in [0.15, 0.2) is 5.82 Å². The molecule has 0 saturated carbocycles. The molecule has 4 heterocycles. The zero-order valence-corrected chi connectivity index (χ0v) is 18.6. The van der Waals surface area contributed by atoms with Gasteiger partial charge >= 0.3 is 6.18 Å². The topological polar surface area (TPSA) is 90.9 Å². The van der Waals surface area contributed by atoms with Gasteiger partial charge in [0.05, 0.1) is 23.3 Å². The Kier molecular flexibility index (Phi) is 5.56.